The Morgan fingerprint density at radius 2 is 2.00 bits per heavy atom. The van der Waals surface area contributed by atoms with Gasteiger partial charge in [0.2, 0.25) is 5.54 Å². The van der Waals surface area contributed by atoms with Gasteiger partial charge >= 0.3 is 12.1 Å². The Kier molecular flexibility index (Phi) is 3.48. The van der Waals surface area contributed by atoms with Crippen molar-refractivity contribution in [2.45, 2.75) is 24.6 Å². The summed E-state index contributed by atoms with van der Waals surface area (Å²) in [5.74, 6) is -2.07. The molecule has 0 bridgehead atoms. The predicted octanol–water partition coefficient (Wildman–Crippen LogP) is 1.30. The van der Waals surface area contributed by atoms with Crippen LogP contribution in [0.2, 0.25) is 0 Å². The van der Waals surface area contributed by atoms with E-state index in [1.165, 1.54) is 6.08 Å². The van der Waals surface area contributed by atoms with Gasteiger partial charge < -0.3 is 10.8 Å². The Labute approximate surface area is 73.0 Å². The van der Waals surface area contributed by atoms with Gasteiger partial charge in [-0.3, -0.25) is 0 Å². The third kappa shape index (κ3) is 2.45. The van der Waals surface area contributed by atoms with Crippen molar-refractivity contribution < 1.29 is 23.1 Å². The summed E-state index contributed by atoms with van der Waals surface area (Å²) in [7, 11) is 0. The largest absolute Gasteiger partial charge is 0.480 e. The fourth-order valence-corrected chi connectivity index (χ4v) is 0.700. The second-order valence-electron chi connectivity index (χ2n) is 2.60. The number of allylic oxidation sites excluding steroid dienone is 1. The fourth-order valence-electron chi connectivity index (χ4n) is 0.700. The molecule has 1 atom stereocenters. The summed E-state index contributed by atoms with van der Waals surface area (Å²) in [6.45, 7) is 3.19. The Hall–Kier alpha value is -1.04. The normalized spacial score (nSPS) is 16.3. The average molecular weight is 197 g/mol. The highest BCUT2D eigenvalue weighted by atomic mass is 19.4. The number of aliphatic carboxylic acids is 1. The second-order valence-corrected chi connectivity index (χ2v) is 2.60. The molecule has 0 aliphatic heterocycles. The topological polar surface area (TPSA) is 63.3 Å². The minimum atomic E-state index is -4.94. The van der Waals surface area contributed by atoms with Gasteiger partial charge in [0.15, 0.2) is 0 Å². The fraction of sp³-hybridized carbons (Fsp3) is 0.571. The van der Waals surface area contributed by atoms with Gasteiger partial charge in [-0.15, -0.1) is 6.58 Å². The summed E-state index contributed by atoms with van der Waals surface area (Å²) in [6, 6.07) is 0. The summed E-state index contributed by atoms with van der Waals surface area (Å²) >= 11 is 0. The van der Waals surface area contributed by atoms with Gasteiger partial charge in [0.1, 0.15) is 0 Å². The van der Waals surface area contributed by atoms with E-state index in [-0.39, 0.29) is 6.42 Å². The van der Waals surface area contributed by atoms with E-state index >= 15 is 0 Å². The van der Waals surface area contributed by atoms with Crippen molar-refractivity contribution in [2.75, 3.05) is 0 Å². The lowest BCUT2D eigenvalue weighted by atomic mass is 9.94. The number of carboxylic acids is 1. The summed E-state index contributed by atoms with van der Waals surface area (Å²) in [6.07, 6.45) is -4.55. The maximum Gasteiger partial charge on any atom is 0.417 e. The lowest BCUT2D eigenvalue weighted by Crippen LogP contribution is -2.59. The average Bonchev–Trinajstić information content (AvgIpc) is 1.97. The van der Waals surface area contributed by atoms with E-state index in [2.05, 4.69) is 6.58 Å². The van der Waals surface area contributed by atoms with Crippen LogP contribution in [0.5, 0.6) is 0 Å². The smallest absolute Gasteiger partial charge is 0.417 e. The first-order valence-corrected chi connectivity index (χ1v) is 3.45. The molecule has 6 heteroatoms. The minimum Gasteiger partial charge on any atom is -0.480 e. The maximum absolute atomic E-state index is 12.1. The predicted molar refractivity (Wildman–Crippen MR) is 40.0 cm³/mol. The zero-order valence-electron chi connectivity index (χ0n) is 6.77. The van der Waals surface area contributed by atoms with E-state index in [0.29, 0.717) is 0 Å². The zero-order chi connectivity index (χ0) is 10.7. The van der Waals surface area contributed by atoms with Gasteiger partial charge in [-0.25, -0.2) is 4.79 Å². The first-order valence-electron chi connectivity index (χ1n) is 3.45. The molecule has 3 N–H and O–H groups in total. The lowest BCUT2D eigenvalue weighted by molar-refractivity contribution is -0.203. The molecule has 0 rings (SSSR count). The van der Waals surface area contributed by atoms with E-state index in [4.69, 9.17) is 10.8 Å². The third-order valence-electron chi connectivity index (χ3n) is 1.63. The van der Waals surface area contributed by atoms with Crippen molar-refractivity contribution in [3.63, 3.8) is 0 Å². The Morgan fingerprint density at radius 3 is 2.23 bits per heavy atom. The number of rotatable bonds is 4. The number of hydrogen-bond donors (Lipinski definition) is 2. The van der Waals surface area contributed by atoms with Crippen LogP contribution in [0.15, 0.2) is 12.7 Å². The van der Waals surface area contributed by atoms with E-state index in [1.54, 1.807) is 0 Å². The zero-order valence-corrected chi connectivity index (χ0v) is 6.77. The molecular weight excluding hydrogens is 187 g/mol. The van der Waals surface area contributed by atoms with Gasteiger partial charge in [0.05, 0.1) is 0 Å². The lowest BCUT2D eigenvalue weighted by Gasteiger charge is -2.26. The van der Waals surface area contributed by atoms with Crippen molar-refractivity contribution in [2.24, 2.45) is 5.73 Å². The maximum atomic E-state index is 12.1. The molecule has 0 aromatic carbocycles. The molecule has 0 saturated heterocycles. The monoisotopic (exact) mass is 197 g/mol. The number of alkyl halides is 3. The van der Waals surface area contributed by atoms with Crippen LogP contribution in [-0.2, 0) is 4.79 Å². The number of halogens is 3. The van der Waals surface area contributed by atoms with Gasteiger partial charge in [0.25, 0.3) is 0 Å². The van der Waals surface area contributed by atoms with Crippen LogP contribution in [0.4, 0.5) is 13.2 Å². The molecule has 76 valence electrons. The SMILES string of the molecule is C=CCC[C@@](N)(C(=O)O)C(F)(F)F. The molecule has 0 heterocycles. The van der Waals surface area contributed by atoms with Crippen LogP contribution in [-0.4, -0.2) is 22.8 Å². The molecule has 0 aromatic rings. The number of hydrogen-bond acceptors (Lipinski definition) is 2. The molecule has 0 saturated carbocycles. The highest BCUT2D eigenvalue weighted by Crippen LogP contribution is 2.32. The van der Waals surface area contributed by atoms with Gasteiger partial charge in [0, 0.05) is 0 Å². The number of carboxylic acid groups (broad SMARTS) is 1. The van der Waals surface area contributed by atoms with E-state index in [1.807, 2.05) is 0 Å². The first kappa shape index (κ1) is 12.0. The van der Waals surface area contributed by atoms with Gasteiger partial charge in [-0.2, -0.15) is 13.2 Å². The Balaban J connectivity index is 4.73. The molecular formula is C7H10F3NO2. The minimum absolute atomic E-state index is 0.0949. The van der Waals surface area contributed by atoms with Crippen LogP contribution in [0.25, 0.3) is 0 Å². The van der Waals surface area contributed by atoms with E-state index in [0.717, 1.165) is 0 Å². The molecule has 0 spiro atoms. The van der Waals surface area contributed by atoms with Gasteiger partial charge in [-0.05, 0) is 12.8 Å². The molecule has 0 aliphatic rings. The number of carbonyl (C=O) groups is 1. The van der Waals surface area contributed by atoms with Crippen LogP contribution >= 0.6 is 0 Å². The molecule has 3 nitrogen and oxygen atoms in total. The molecule has 0 fully saturated rings. The van der Waals surface area contributed by atoms with Crippen LogP contribution in [0, 0.1) is 0 Å². The van der Waals surface area contributed by atoms with Crippen molar-refractivity contribution in [1.82, 2.24) is 0 Å². The van der Waals surface area contributed by atoms with Crippen molar-refractivity contribution in [3.8, 4) is 0 Å². The molecule has 0 amide bonds. The summed E-state index contributed by atoms with van der Waals surface area (Å²) in [5, 5.41) is 8.32. The van der Waals surface area contributed by atoms with Crippen molar-refractivity contribution in [3.05, 3.63) is 12.7 Å². The first-order chi connectivity index (χ1) is 5.75. The number of nitrogens with two attached hydrogens (primary N) is 1. The summed E-state index contributed by atoms with van der Waals surface area (Å²) < 4.78 is 36.4. The Bertz CT molecular complexity index is 214. The third-order valence-corrected chi connectivity index (χ3v) is 1.63. The summed E-state index contributed by atoms with van der Waals surface area (Å²) in [5.41, 5.74) is 1.57. The van der Waals surface area contributed by atoms with Crippen molar-refractivity contribution >= 4 is 5.97 Å². The molecule has 0 unspecified atom stereocenters. The molecule has 0 aromatic heterocycles. The highest BCUT2D eigenvalue weighted by Gasteiger charge is 2.57. The van der Waals surface area contributed by atoms with Crippen LogP contribution in [0.1, 0.15) is 12.8 Å². The molecule has 13 heavy (non-hydrogen) atoms. The molecule has 0 radical (unpaired) electrons. The standard InChI is InChI=1S/C7H10F3NO2/c1-2-3-4-6(11,5(12)13)7(8,9)10/h2H,1,3-4,11H2,(H,12,13)/t6-/m1/s1. The summed E-state index contributed by atoms with van der Waals surface area (Å²) in [4.78, 5) is 10.3. The highest BCUT2D eigenvalue weighted by molar-refractivity contribution is 5.79. The van der Waals surface area contributed by atoms with Gasteiger partial charge in [-0.1, -0.05) is 6.08 Å². The van der Waals surface area contributed by atoms with Crippen LogP contribution < -0.4 is 5.73 Å². The molecule has 0 aliphatic carbocycles. The Morgan fingerprint density at radius 1 is 1.54 bits per heavy atom. The van der Waals surface area contributed by atoms with E-state index in [9.17, 15) is 18.0 Å². The van der Waals surface area contributed by atoms with Crippen molar-refractivity contribution in [1.29, 1.82) is 0 Å². The quantitative estimate of drug-likeness (QED) is 0.667. The second kappa shape index (κ2) is 3.78. The van der Waals surface area contributed by atoms with Crippen LogP contribution in [0.3, 0.4) is 0 Å². The van der Waals surface area contributed by atoms with E-state index < -0.39 is 24.1 Å².